The maximum absolute atomic E-state index is 5.47. The Morgan fingerprint density at radius 2 is 1.97 bits per heavy atom. The molecule has 0 amide bonds. The minimum absolute atomic E-state index is 0.664. The first-order chi connectivity index (χ1) is 14.3. The van der Waals surface area contributed by atoms with Gasteiger partial charge in [0.05, 0.1) is 6.54 Å². The van der Waals surface area contributed by atoms with Crippen molar-refractivity contribution in [3.63, 3.8) is 0 Å². The fraction of sp³-hybridized carbons (Fsp3) is 0.739. The van der Waals surface area contributed by atoms with E-state index in [1.54, 1.807) is 0 Å². The number of anilines is 1. The summed E-state index contributed by atoms with van der Waals surface area (Å²) in [4.78, 5) is 14.3. The smallest absolute Gasteiger partial charge is 0.193 e. The molecule has 0 atom stereocenters. The molecule has 3 heterocycles. The molecule has 2 aliphatic rings. The third kappa shape index (κ3) is 7.18. The van der Waals surface area contributed by atoms with Gasteiger partial charge >= 0.3 is 0 Å². The number of rotatable bonds is 7. The zero-order valence-electron chi connectivity index (χ0n) is 18.4. The minimum Gasteiger partial charge on any atom is -0.381 e. The SMILES string of the molecule is CCNC(=NCc1ccc(N2CCCCCC2)nc1)N(C)CCC1CCOCC1. The molecule has 0 unspecified atom stereocenters. The molecule has 6 nitrogen and oxygen atoms in total. The molecule has 29 heavy (non-hydrogen) atoms. The van der Waals surface area contributed by atoms with Gasteiger partial charge in [0, 0.05) is 52.6 Å². The average molecular weight is 402 g/mol. The van der Waals surface area contributed by atoms with Crippen LogP contribution in [0.3, 0.4) is 0 Å². The monoisotopic (exact) mass is 401 g/mol. The Balaban J connectivity index is 1.52. The molecule has 0 aromatic carbocycles. The number of guanidine groups is 1. The molecule has 2 aliphatic heterocycles. The van der Waals surface area contributed by atoms with E-state index in [-0.39, 0.29) is 0 Å². The first-order valence-corrected chi connectivity index (χ1v) is 11.5. The Labute approximate surface area is 176 Å². The highest BCUT2D eigenvalue weighted by Crippen LogP contribution is 2.19. The summed E-state index contributed by atoms with van der Waals surface area (Å²) in [6.07, 6.45) is 10.8. The molecule has 0 saturated carbocycles. The molecular formula is C23H39N5O. The van der Waals surface area contributed by atoms with Gasteiger partial charge in [0.1, 0.15) is 5.82 Å². The molecule has 6 heteroatoms. The fourth-order valence-electron chi connectivity index (χ4n) is 4.15. The van der Waals surface area contributed by atoms with E-state index in [4.69, 9.17) is 14.7 Å². The van der Waals surface area contributed by atoms with E-state index in [1.807, 2.05) is 6.20 Å². The van der Waals surface area contributed by atoms with E-state index in [9.17, 15) is 0 Å². The largest absolute Gasteiger partial charge is 0.381 e. The summed E-state index contributed by atoms with van der Waals surface area (Å²) in [5.41, 5.74) is 1.16. The van der Waals surface area contributed by atoms with Crippen LogP contribution in [0.2, 0.25) is 0 Å². The third-order valence-electron chi connectivity index (χ3n) is 6.06. The van der Waals surface area contributed by atoms with Crippen molar-refractivity contribution in [2.75, 3.05) is 51.3 Å². The quantitative estimate of drug-likeness (QED) is 0.558. The molecule has 0 radical (unpaired) electrons. The lowest BCUT2D eigenvalue weighted by atomic mass is 9.96. The zero-order valence-corrected chi connectivity index (χ0v) is 18.4. The van der Waals surface area contributed by atoms with Crippen LogP contribution < -0.4 is 10.2 Å². The van der Waals surface area contributed by atoms with Gasteiger partial charge in [-0.15, -0.1) is 0 Å². The maximum atomic E-state index is 5.47. The van der Waals surface area contributed by atoms with Crippen LogP contribution in [-0.4, -0.2) is 62.3 Å². The van der Waals surface area contributed by atoms with E-state index < -0.39 is 0 Å². The number of nitrogens with zero attached hydrogens (tertiary/aromatic N) is 4. The maximum Gasteiger partial charge on any atom is 0.193 e. The third-order valence-corrected chi connectivity index (χ3v) is 6.06. The molecule has 2 fully saturated rings. The van der Waals surface area contributed by atoms with Crippen molar-refractivity contribution >= 4 is 11.8 Å². The Kier molecular flexibility index (Phi) is 9.06. The average Bonchev–Trinajstić information content (AvgIpc) is 3.06. The molecule has 162 valence electrons. The molecule has 1 N–H and O–H groups in total. The lowest BCUT2D eigenvalue weighted by molar-refractivity contribution is 0.0625. The van der Waals surface area contributed by atoms with E-state index >= 15 is 0 Å². The van der Waals surface area contributed by atoms with Crippen LogP contribution in [0.1, 0.15) is 57.4 Å². The number of aliphatic imine (C=N–C) groups is 1. The second-order valence-corrected chi connectivity index (χ2v) is 8.36. The summed E-state index contributed by atoms with van der Waals surface area (Å²) >= 11 is 0. The number of ether oxygens (including phenoxy) is 1. The van der Waals surface area contributed by atoms with Crippen LogP contribution in [0.15, 0.2) is 23.3 Å². The van der Waals surface area contributed by atoms with Gasteiger partial charge in [-0.2, -0.15) is 0 Å². The lowest BCUT2D eigenvalue weighted by Crippen LogP contribution is -2.40. The first kappa shape index (κ1) is 21.9. The molecule has 1 aromatic heterocycles. The predicted molar refractivity (Wildman–Crippen MR) is 121 cm³/mol. The van der Waals surface area contributed by atoms with Crippen LogP contribution in [0.5, 0.6) is 0 Å². The summed E-state index contributed by atoms with van der Waals surface area (Å²) in [6.45, 7) is 8.80. The standard InChI is InChI=1S/C23H39N5O/c1-3-24-23(27(2)15-10-20-11-16-29-17-12-20)26-19-21-8-9-22(25-18-21)28-13-6-4-5-7-14-28/h8-9,18,20H,3-7,10-17,19H2,1-2H3,(H,24,26). The highest BCUT2D eigenvalue weighted by Gasteiger charge is 2.15. The summed E-state index contributed by atoms with van der Waals surface area (Å²) in [6, 6.07) is 4.35. The molecule has 0 aliphatic carbocycles. The van der Waals surface area contributed by atoms with Gasteiger partial charge in [0.15, 0.2) is 5.96 Å². The van der Waals surface area contributed by atoms with Gasteiger partial charge in [-0.05, 0) is 56.6 Å². The second-order valence-electron chi connectivity index (χ2n) is 8.36. The van der Waals surface area contributed by atoms with Gasteiger partial charge < -0.3 is 19.9 Å². The van der Waals surface area contributed by atoms with Crippen molar-refractivity contribution in [2.24, 2.45) is 10.9 Å². The number of aromatic nitrogens is 1. The molecule has 1 aromatic rings. The predicted octanol–water partition coefficient (Wildman–Crippen LogP) is 3.68. The van der Waals surface area contributed by atoms with Gasteiger partial charge in [-0.1, -0.05) is 18.9 Å². The van der Waals surface area contributed by atoms with Crippen LogP contribution in [0, 0.1) is 5.92 Å². The van der Waals surface area contributed by atoms with E-state index in [0.717, 1.165) is 62.7 Å². The number of nitrogens with one attached hydrogen (secondary N) is 1. The highest BCUT2D eigenvalue weighted by atomic mass is 16.5. The van der Waals surface area contributed by atoms with Gasteiger partial charge in [0.25, 0.3) is 0 Å². The van der Waals surface area contributed by atoms with Crippen LogP contribution in [0.25, 0.3) is 0 Å². The summed E-state index contributed by atoms with van der Waals surface area (Å²) in [5, 5.41) is 3.43. The molecular weight excluding hydrogens is 362 g/mol. The van der Waals surface area contributed by atoms with Crippen LogP contribution >= 0.6 is 0 Å². The van der Waals surface area contributed by atoms with Crippen molar-refractivity contribution in [2.45, 2.75) is 58.4 Å². The Bertz CT molecular complexity index is 604. The summed E-state index contributed by atoms with van der Waals surface area (Å²) in [5.74, 6) is 2.88. The first-order valence-electron chi connectivity index (χ1n) is 11.5. The topological polar surface area (TPSA) is 53.0 Å². The van der Waals surface area contributed by atoms with Gasteiger partial charge in [-0.25, -0.2) is 9.98 Å². The minimum atomic E-state index is 0.664. The van der Waals surface area contributed by atoms with Crippen LogP contribution in [0.4, 0.5) is 5.82 Å². The molecule has 2 saturated heterocycles. The van der Waals surface area contributed by atoms with Crippen molar-refractivity contribution in [1.82, 2.24) is 15.2 Å². The Morgan fingerprint density at radius 3 is 2.62 bits per heavy atom. The van der Waals surface area contributed by atoms with E-state index in [0.29, 0.717) is 6.54 Å². The molecule has 0 spiro atoms. The van der Waals surface area contributed by atoms with Gasteiger partial charge in [-0.3, -0.25) is 0 Å². The number of pyridine rings is 1. The summed E-state index contributed by atoms with van der Waals surface area (Å²) < 4.78 is 5.47. The van der Waals surface area contributed by atoms with Gasteiger partial charge in [0.2, 0.25) is 0 Å². The molecule has 0 bridgehead atoms. The fourth-order valence-corrected chi connectivity index (χ4v) is 4.15. The van der Waals surface area contributed by atoms with E-state index in [2.05, 4.69) is 41.2 Å². The van der Waals surface area contributed by atoms with Crippen LogP contribution in [-0.2, 0) is 11.3 Å². The molecule has 3 rings (SSSR count). The Hall–Kier alpha value is -1.82. The second kappa shape index (κ2) is 12.0. The normalized spacial score (nSPS) is 19.1. The van der Waals surface area contributed by atoms with Crippen molar-refractivity contribution in [3.8, 4) is 0 Å². The summed E-state index contributed by atoms with van der Waals surface area (Å²) in [7, 11) is 2.14. The highest BCUT2D eigenvalue weighted by molar-refractivity contribution is 5.79. The van der Waals surface area contributed by atoms with Crippen molar-refractivity contribution < 1.29 is 4.74 Å². The number of hydrogen-bond acceptors (Lipinski definition) is 4. The van der Waals surface area contributed by atoms with Crippen molar-refractivity contribution in [3.05, 3.63) is 23.9 Å². The number of hydrogen-bond donors (Lipinski definition) is 1. The van der Waals surface area contributed by atoms with E-state index in [1.165, 1.54) is 44.9 Å². The van der Waals surface area contributed by atoms with Crippen molar-refractivity contribution in [1.29, 1.82) is 0 Å². The Morgan fingerprint density at radius 1 is 1.21 bits per heavy atom. The lowest BCUT2D eigenvalue weighted by Gasteiger charge is -2.27. The zero-order chi connectivity index (χ0) is 20.3.